The molecule has 0 aromatic heterocycles. The summed E-state index contributed by atoms with van der Waals surface area (Å²) in [5.74, 6) is 0.757. The van der Waals surface area contributed by atoms with Gasteiger partial charge in [-0.2, -0.15) is 0 Å². The van der Waals surface area contributed by atoms with Crippen LogP contribution in [0.4, 0.5) is 0 Å². The maximum Gasteiger partial charge on any atom is 0.216 e. The number of guanidine groups is 1. The van der Waals surface area contributed by atoms with E-state index in [0.717, 1.165) is 49.6 Å². The number of nitrogens with zero attached hydrogens (tertiary/aromatic N) is 2. The van der Waals surface area contributed by atoms with Gasteiger partial charge in [0, 0.05) is 37.8 Å². The second-order valence-corrected chi connectivity index (χ2v) is 10.3. The molecule has 1 saturated heterocycles. The molecule has 0 atom stereocenters. The second kappa shape index (κ2) is 11.7. The Morgan fingerprint density at radius 1 is 1.13 bits per heavy atom. The molecule has 0 radical (unpaired) electrons. The monoisotopic (exact) mass is 437 g/mol. The van der Waals surface area contributed by atoms with Crippen molar-refractivity contribution in [3.8, 4) is 0 Å². The zero-order valence-electron chi connectivity index (χ0n) is 19.1. The maximum absolute atomic E-state index is 12.4. The number of aliphatic imine (C=N–C) groups is 1. The summed E-state index contributed by atoms with van der Waals surface area (Å²) in [7, 11) is -3.37. The number of benzene rings is 1. The van der Waals surface area contributed by atoms with E-state index >= 15 is 0 Å². The number of likely N-dealkylation sites (tertiary alicyclic amines) is 1. The number of nitrogens with one attached hydrogen (secondary N) is 3. The summed E-state index contributed by atoms with van der Waals surface area (Å²) >= 11 is 0. The number of sulfonamides is 1. The third-order valence-corrected chi connectivity index (χ3v) is 6.75. The summed E-state index contributed by atoms with van der Waals surface area (Å²) in [6.45, 7) is 13.6. The highest BCUT2D eigenvalue weighted by atomic mass is 32.2. The van der Waals surface area contributed by atoms with E-state index in [1.807, 2.05) is 38.1 Å². The van der Waals surface area contributed by atoms with Crippen molar-refractivity contribution in [3.05, 3.63) is 35.4 Å². The van der Waals surface area contributed by atoms with Gasteiger partial charge in [-0.25, -0.2) is 18.1 Å². The standard InChI is InChI=1S/C22H39N5O2S/c1-6-23-22(25-21-11-13-27(14-12-21)18(4)5)24-15-19-9-7-8-10-20(19)16-30(28,29)26-17(2)3/h7-10,17-18,21,26H,6,11-16H2,1-5H3,(H2,23,24,25). The van der Waals surface area contributed by atoms with Crippen LogP contribution in [0.15, 0.2) is 29.3 Å². The Bertz CT molecular complexity index is 784. The first kappa shape index (κ1) is 24.6. The predicted octanol–water partition coefficient (Wildman–Crippen LogP) is 2.44. The highest BCUT2D eigenvalue weighted by molar-refractivity contribution is 7.88. The van der Waals surface area contributed by atoms with Gasteiger partial charge < -0.3 is 15.5 Å². The lowest BCUT2D eigenvalue weighted by Gasteiger charge is -2.35. The molecule has 1 aliphatic rings. The molecular formula is C22H39N5O2S. The topological polar surface area (TPSA) is 85.8 Å². The van der Waals surface area contributed by atoms with Gasteiger partial charge in [0.05, 0.1) is 12.3 Å². The largest absolute Gasteiger partial charge is 0.357 e. The lowest BCUT2D eigenvalue weighted by molar-refractivity contribution is 0.167. The lowest BCUT2D eigenvalue weighted by Crippen LogP contribution is -2.49. The van der Waals surface area contributed by atoms with Gasteiger partial charge in [0.1, 0.15) is 0 Å². The van der Waals surface area contributed by atoms with Gasteiger partial charge >= 0.3 is 0 Å². The molecule has 3 N–H and O–H groups in total. The molecule has 1 aromatic carbocycles. The van der Waals surface area contributed by atoms with E-state index in [2.05, 4.69) is 41.0 Å². The van der Waals surface area contributed by atoms with E-state index in [1.165, 1.54) is 0 Å². The highest BCUT2D eigenvalue weighted by Crippen LogP contribution is 2.15. The zero-order valence-corrected chi connectivity index (χ0v) is 19.9. The van der Waals surface area contributed by atoms with Crippen molar-refractivity contribution >= 4 is 16.0 Å². The second-order valence-electron chi connectivity index (χ2n) is 8.54. The van der Waals surface area contributed by atoms with Crippen LogP contribution in [-0.4, -0.2) is 57.0 Å². The maximum atomic E-state index is 12.4. The summed E-state index contributed by atoms with van der Waals surface area (Å²) in [5, 5.41) is 6.88. The first-order chi connectivity index (χ1) is 14.2. The Morgan fingerprint density at radius 2 is 1.77 bits per heavy atom. The van der Waals surface area contributed by atoms with Crippen molar-refractivity contribution < 1.29 is 8.42 Å². The number of rotatable bonds is 9. The molecule has 0 amide bonds. The Balaban J connectivity index is 2.04. The molecule has 0 spiro atoms. The summed E-state index contributed by atoms with van der Waals surface area (Å²) in [6, 6.07) is 8.50. The number of hydrogen-bond acceptors (Lipinski definition) is 4. The van der Waals surface area contributed by atoms with Crippen molar-refractivity contribution in [1.82, 2.24) is 20.3 Å². The van der Waals surface area contributed by atoms with E-state index in [9.17, 15) is 8.42 Å². The quantitative estimate of drug-likeness (QED) is 0.408. The molecule has 170 valence electrons. The zero-order chi connectivity index (χ0) is 22.1. The molecule has 1 aliphatic heterocycles. The SMILES string of the molecule is CCNC(=NCc1ccccc1CS(=O)(=O)NC(C)C)NC1CCN(C(C)C)CC1. The van der Waals surface area contributed by atoms with Crippen molar-refractivity contribution in [2.75, 3.05) is 19.6 Å². The van der Waals surface area contributed by atoms with Crippen LogP contribution in [0.25, 0.3) is 0 Å². The minimum Gasteiger partial charge on any atom is -0.357 e. The Kier molecular flexibility index (Phi) is 9.58. The molecule has 0 aliphatic carbocycles. The molecular weight excluding hydrogens is 398 g/mol. The minimum absolute atomic E-state index is 0.0332. The van der Waals surface area contributed by atoms with Crippen LogP contribution in [0.1, 0.15) is 58.6 Å². The van der Waals surface area contributed by atoms with Crippen molar-refractivity contribution in [2.45, 2.75) is 77.9 Å². The van der Waals surface area contributed by atoms with E-state index in [4.69, 9.17) is 4.99 Å². The normalized spacial score (nSPS) is 17.0. The lowest BCUT2D eigenvalue weighted by atomic mass is 10.0. The Morgan fingerprint density at radius 3 is 2.33 bits per heavy atom. The molecule has 0 bridgehead atoms. The Hall–Kier alpha value is -1.64. The van der Waals surface area contributed by atoms with Crippen LogP contribution in [0.3, 0.4) is 0 Å². The third kappa shape index (κ3) is 8.24. The summed E-state index contributed by atoms with van der Waals surface area (Å²) in [5.41, 5.74) is 1.72. The predicted molar refractivity (Wildman–Crippen MR) is 125 cm³/mol. The molecule has 8 heteroatoms. The van der Waals surface area contributed by atoms with Crippen LogP contribution in [0.2, 0.25) is 0 Å². The molecule has 1 heterocycles. The van der Waals surface area contributed by atoms with Crippen molar-refractivity contribution in [1.29, 1.82) is 0 Å². The molecule has 1 fully saturated rings. The molecule has 2 rings (SSSR count). The van der Waals surface area contributed by atoms with Gasteiger partial charge in [-0.15, -0.1) is 0 Å². The van der Waals surface area contributed by atoms with E-state index in [-0.39, 0.29) is 11.8 Å². The van der Waals surface area contributed by atoms with Crippen LogP contribution in [-0.2, 0) is 22.3 Å². The molecule has 7 nitrogen and oxygen atoms in total. The van der Waals surface area contributed by atoms with Gasteiger partial charge in [0.2, 0.25) is 10.0 Å². The number of hydrogen-bond donors (Lipinski definition) is 3. The fourth-order valence-corrected chi connectivity index (χ4v) is 5.19. The molecule has 0 unspecified atom stereocenters. The fraction of sp³-hybridized carbons (Fsp3) is 0.682. The molecule has 30 heavy (non-hydrogen) atoms. The first-order valence-electron chi connectivity index (χ1n) is 11.1. The van der Waals surface area contributed by atoms with E-state index in [1.54, 1.807) is 0 Å². The van der Waals surface area contributed by atoms with Gasteiger partial charge in [-0.05, 0) is 58.6 Å². The highest BCUT2D eigenvalue weighted by Gasteiger charge is 2.21. The summed E-state index contributed by atoms with van der Waals surface area (Å²) < 4.78 is 27.4. The van der Waals surface area contributed by atoms with E-state index in [0.29, 0.717) is 18.6 Å². The van der Waals surface area contributed by atoms with Crippen LogP contribution < -0.4 is 15.4 Å². The summed E-state index contributed by atoms with van der Waals surface area (Å²) in [4.78, 5) is 7.25. The van der Waals surface area contributed by atoms with Gasteiger partial charge in [-0.1, -0.05) is 24.3 Å². The van der Waals surface area contributed by atoms with Gasteiger partial charge in [0.15, 0.2) is 5.96 Å². The van der Waals surface area contributed by atoms with Gasteiger partial charge in [0.25, 0.3) is 0 Å². The average molecular weight is 438 g/mol. The van der Waals surface area contributed by atoms with Crippen molar-refractivity contribution in [2.24, 2.45) is 4.99 Å². The van der Waals surface area contributed by atoms with Crippen molar-refractivity contribution in [3.63, 3.8) is 0 Å². The third-order valence-electron chi connectivity index (χ3n) is 5.23. The van der Waals surface area contributed by atoms with Crippen LogP contribution in [0.5, 0.6) is 0 Å². The van der Waals surface area contributed by atoms with E-state index < -0.39 is 10.0 Å². The average Bonchev–Trinajstić information content (AvgIpc) is 2.66. The van der Waals surface area contributed by atoms with Crippen LogP contribution >= 0.6 is 0 Å². The van der Waals surface area contributed by atoms with Gasteiger partial charge in [-0.3, -0.25) is 0 Å². The Labute approximate surface area is 182 Å². The minimum atomic E-state index is -3.37. The summed E-state index contributed by atoms with van der Waals surface area (Å²) in [6.07, 6.45) is 2.19. The smallest absolute Gasteiger partial charge is 0.216 e. The first-order valence-corrected chi connectivity index (χ1v) is 12.7. The number of piperidine rings is 1. The molecule has 1 aromatic rings. The van der Waals surface area contributed by atoms with Crippen LogP contribution in [0, 0.1) is 0 Å². The fourth-order valence-electron chi connectivity index (χ4n) is 3.70. The molecule has 0 saturated carbocycles.